The molecule has 2 heterocycles. The molecular weight excluding hydrogens is 328 g/mol. The van der Waals surface area contributed by atoms with Crippen LogP contribution in [-0.4, -0.2) is 48.0 Å². The van der Waals surface area contributed by atoms with E-state index >= 15 is 0 Å². The second-order valence-corrected chi connectivity index (χ2v) is 8.43. The largest absolute Gasteiger partial charge is 0.395 e. The van der Waals surface area contributed by atoms with Gasteiger partial charge in [-0.05, 0) is 44.2 Å². The third-order valence-electron chi connectivity index (χ3n) is 4.86. The normalized spacial score (nSPS) is 27.5. The van der Waals surface area contributed by atoms with E-state index in [1.165, 1.54) is 10.5 Å². The number of hydrogen-bond acceptors (Lipinski definition) is 6. The van der Waals surface area contributed by atoms with Crippen LogP contribution in [0, 0.1) is 24.2 Å². The van der Waals surface area contributed by atoms with Crippen molar-refractivity contribution in [3.05, 3.63) is 17.8 Å². The average molecular weight is 350 g/mol. The number of aliphatic hydroxyl groups is 1. The Balaban J connectivity index is 1.76. The Morgan fingerprint density at radius 3 is 2.88 bits per heavy atom. The molecule has 1 saturated carbocycles. The molecule has 0 aromatic carbocycles. The first-order chi connectivity index (χ1) is 11.5. The highest BCUT2D eigenvalue weighted by atomic mass is 32.2. The Kier molecular flexibility index (Phi) is 4.76. The predicted molar refractivity (Wildman–Crippen MR) is 88.7 cm³/mol. The van der Waals surface area contributed by atoms with Crippen LogP contribution in [0.1, 0.15) is 31.2 Å². The zero-order valence-electron chi connectivity index (χ0n) is 13.6. The van der Waals surface area contributed by atoms with Gasteiger partial charge in [0.15, 0.2) is 0 Å². The van der Waals surface area contributed by atoms with E-state index in [1.54, 1.807) is 13.0 Å². The smallest absolute Gasteiger partial charge is 0.245 e. The number of sulfonamides is 1. The first kappa shape index (κ1) is 17.1. The maximum atomic E-state index is 12.8. The fraction of sp³-hybridized carbons (Fsp3) is 0.625. The van der Waals surface area contributed by atoms with Gasteiger partial charge in [0.05, 0.1) is 18.6 Å². The van der Waals surface area contributed by atoms with Crippen LogP contribution < -0.4 is 5.32 Å². The molecule has 2 aliphatic rings. The lowest BCUT2D eigenvalue weighted by Crippen LogP contribution is -2.38. The van der Waals surface area contributed by atoms with E-state index in [1.807, 2.05) is 0 Å². The summed E-state index contributed by atoms with van der Waals surface area (Å²) < 4.78 is 27.0. The van der Waals surface area contributed by atoms with E-state index < -0.39 is 10.0 Å². The number of anilines is 1. The lowest BCUT2D eigenvalue weighted by atomic mass is 9.81. The third-order valence-corrected chi connectivity index (χ3v) is 6.94. The molecule has 1 atom stereocenters. The minimum atomic E-state index is -3.64. The maximum absolute atomic E-state index is 12.8. The molecule has 24 heavy (non-hydrogen) atoms. The number of aromatic nitrogens is 1. The molecule has 7 nitrogen and oxygen atoms in total. The van der Waals surface area contributed by atoms with Crippen molar-refractivity contribution in [1.82, 2.24) is 9.29 Å². The van der Waals surface area contributed by atoms with Crippen molar-refractivity contribution in [2.75, 3.05) is 18.5 Å². The molecule has 2 N–H and O–H groups in total. The summed E-state index contributed by atoms with van der Waals surface area (Å²) in [4.78, 5) is 4.43. The van der Waals surface area contributed by atoms with Gasteiger partial charge in [-0.25, -0.2) is 13.4 Å². The van der Waals surface area contributed by atoms with E-state index in [2.05, 4.69) is 16.4 Å². The lowest BCUT2D eigenvalue weighted by Gasteiger charge is -2.31. The summed E-state index contributed by atoms with van der Waals surface area (Å²) in [6.07, 6.45) is 4.43. The van der Waals surface area contributed by atoms with Crippen LogP contribution in [0.15, 0.2) is 17.2 Å². The number of nitrogens with zero attached hydrogens (tertiary/aromatic N) is 3. The summed E-state index contributed by atoms with van der Waals surface area (Å²) in [6.45, 7) is 2.03. The predicted octanol–water partition coefficient (Wildman–Crippen LogP) is 1.25. The van der Waals surface area contributed by atoms with Crippen molar-refractivity contribution in [2.45, 2.75) is 49.6 Å². The van der Waals surface area contributed by atoms with Gasteiger partial charge >= 0.3 is 0 Å². The molecule has 1 aliphatic heterocycles. The summed E-state index contributed by atoms with van der Waals surface area (Å²) in [5.74, 6) is 0.738. The van der Waals surface area contributed by atoms with Crippen LogP contribution in [0.4, 0.5) is 5.82 Å². The molecule has 1 aromatic rings. The molecule has 1 aliphatic carbocycles. The van der Waals surface area contributed by atoms with Gasteiger partial charge in [0.25, 0.3) is 0 Å². The molecule has 2 fully saturated rings. The summed E-state index contributed by atoms with van der Waals surface area (Å²) in [5, 5.41) is 21.4. The molecule has 8 heteroatoms. The second-order valence-electron chi connectivity index (χ2n) is 6.57. The van der Waals surface area contributed by atoms with Crippen molar-refractivity contribution in [3.8, 4) is 6.07 Å². The van der Waals surface area contributed by atoms with Crippen molar-refractivity contribution in [1.29, 1.82) is 5.26 Å². The van der Waals surface area contributed by atoms with Crippen molar-refractivity contribution >= 4 is 15.8 Å². The van der Waals surface area contributed by atoms with E-state index in [0.29, 0.717) is 24.3 Å². The van der Waals surface area contributed by atoms with Crippen LogP contribution in [0.25, 0.3) is 0 Å². The summed E-state index contributed by atoms with van der Waals surface area (Å²) in [7, 11) is -3.64. The van der Waals surface area contributed by atoms with Gasteiger partial charge in [0, 0.05) is 24.8 Å². The number of aryl methyl sites for hydroxylation is 1. The number of aliphatic hydroxyl groups excluding tert-OH is 1. The van der Waals surface area contributed by atoms with Crippen LogP contribution >= 0.6 is 0 Å². The Labute approximate surface area is 142 Å². The van der Waals surface area contributed by atoms with Crippen molar-refractivity contribution < 1.29 is 13.5 Å². The zero-order valence-corrected chi connectivity index (χ0v) is 14.5. The van der Waals surface area contributed by atoms with E-state index in [0.717, 1.165) is 19.3 Å². The van der Waals surface area contributed by atoms with Crippen LogP contribution in [0.5, 0.6) is 0 Å². The highest BCUT2D eigenvalue weighted by molar-refractivity contribution is 7.89. The molecule has 130 valence electrons. The van der Waals surface area contributed by atoms with Gasteiger partial charge in [-0.15, -0.1) is 0 Å². The fourth-order valence-corrected chi connectivity index (χ4v) is 5.22. The molecule has 0 radical (unpaired) electrons. The molecular formula is C16H22N4O3S. The SMILES string of the molecule is Cc1cc(NC2CC(C#N)C2)ncc1S(=O)(=O)N1CCC[C@H]1CO. The quantitative estimate of drug-likeness (QED) is 0.828. The molecule has 3 rings (SSSR count). The number of rotatable bonds is 5. The van der Waals surface area contributed by atoms with E-state index in [9.17, 15) is 13.5 Å². The molecule has 0 spiro atoms. The maximum Gasteiger partial charge on any atom is 0.245 e. The highest BCUT2D eigenvalue weighted by Gasteiger charge is 2.36. The van der Waals surface area contributed by atoms with Crippen LogP contribution in [0.2, 0.25) is 0 Å². The Morgan fingerprint density at radius 1 is 1.50 bits per heavy atom. The van der Waals surface area contributed by atoms with Crippen molar-refractivity contribution in [3.63, 3.8) is 0 Å². The van der Waals surface area contributed by atoms with Gasteiger partial charge in [0.2, 0.25) is 10.0 Å². The average Bonchev–Trinajstić information content (AvgIpc) is 2.99. The van der Waals surface area contributed by atoms with Crippen LogP contribution in [0.3, 0.4) is 0 Å². The van der Waals surface area contributed by atoms with Gasteiger partial charge in [-0.1, -0.05) is 0 Å². The topological polar surface area (TPSA) is 106 Å². The Hall–Kier alpha value is -1.69. The summed E-state index contributed by atoms with van der Waals surface area (Å²) in [5.41, 5.74) is 0.632. The minimum Gasteiger partial charge on any atom is -0.395 e. The Bertz CT molecular complexity index is 753. The van der Waals surface area contributed by atoms with E-state index in [4.69, 9.17) is 5.26 Å². The first-order valence-electron chi connectivity index (χ1n) is 8.21. The molecule has 1 aromatic heterocycles. The molecule has 0 amide bonds. The number of pyridine rings is 1. The first-order valence-corrected chi connectivity index (χ1v) is 9.65. The van der Waals surface area contributed by atoms with Gasteiger partial charge in [-0.2, -0.15) is 9.57 Å². The van der Waals surface area contributed by atoms with Gasteiger partial charge in [-0.3, -0.25) is 0 Å². The van der Waals surface area contributed by atoms with Crippen molar-refractivity contribution in [2.24, 2.45) is 5.92 Å². The molecule has 0 bridgehead atoms. The number of hydrogen-bond donors (Lipinski definition) is 2. The number of nitrogens with one attached hydrogen (secondary N) is 1. The highest BCUT2D eigenvalue weighted by Crippen LogP contribution is 2.31. The fourth-order valence-electron chi connectivity index (χ4n) is 3.38. The summed E-state index contributed by atoms with van der Waals surface area (Å²) in [6, 6.07) is 3.85. The monoisotopic (exact) mass is 350 g/mol. The number of nitriles is 1. The zero-order chi connectivity index (χ0) is 17.3. The second kappa shape index (κ2) is 6.67. The minimum absolute atomic E-state index is 0.105. The third kappa shape index (κ3) is 3.11. The van der Waals surface area contributed by atoms with E-state index in [-0.39, 0.29) is 29.5 Å². The summed E-state index contributed by atoms with van der Waals surface area (Å²) >= 11 is 0. The van der Waals surface area contributed by atoms with Crippen LogP contribution in [-0.2, 0) is 10.0 Å². The standard InChI is InChI=1S/C16H22N4O3S/c1-11-5-16(19-13-6-12(7-13)8-17)18-9-15(11)24(22,23)20-4-2-3-14(20)10-21/h5,9,12-14,21H,2-4,6-7,10H2,1H3,(H,18,19)/t12?,13?,14-/m0/s1. The Morgan fingerprint density at radius 2 is 2.25 bits per heavy atom. The molecule has 0 unspecified atom stereocenters. The van der Waals surface area contributed by atoms with Gasteiger partial charge in [0.1, 0.15) is 10.7 Å². The van der Waals surface area contributed by atoms with Gasteiger partial charge < -0.3 is 10.4 Å². The molecule has 1 saturated heterocycles. The lowest BCUT2D eigenvalue weighted by molar-refractivity contribution is 0.213.